The number of rotatable bonds is 4. The number of hydrogen-bond donors (Lipinski definition) is 2. The second-order valence-electron chi connectivity index (χ2n) is 5.97. The van der Waals surface area contributed by atoms with Gasteiger partial charge in [0.1, 0.15) is 12.4 Å². The maximum Gasteiger partial charge on any atom is 0.324 e. The Bertz CT molecular complexity index is 863. The smallest absolute Gasteiger partial charge is 0.324 e. The van der Waals surface area contributed by atoms with Crippen LogP contribution in [0.1, 0.15) is 0 Å². The number of halogens is 2. The minimum Gasteiger partial charge on any atom is -0.490 e. The number of piperazine rings is 1. The normalized spacial score (nSPS) is 16.0. The molecule has 2 N–H and O–H groups in total. The molecule has 3 aromatic rings. The van der Waals surface area contributed by atoms with E-state index in [9.17, 15) is 4.79 Å². The third-order valence-electron chi connectivity index (χ3n) is 4.20. The second kappa shape index (κ2) is 10.4. The van der Waals surface area contributed by atoms with Gasteiger partial charge in [-0.3, -0.25) is 10.3 Å². The molecule has 0 radical (unpaired) electrons. The van der Waals surface area contributed by atoms with Crippen molar-refractivity contribution < 1.29 is 9.53 Å². The predicted octanol–water partition coefficient (Wildman–Crippen LogP) is 3.42. The van der Waals surface area contributed by atoms with Gasteiger partial charge in [0.15, 0.2) is 5.13 Å². The Morgan fingerprint density at radius 3 is 2.93 bits per heavy atom. The highest BCUT2D eigenvalue weighted by molar-refractivity contribution is 7.22. The summed E-state index contributed by atoms with van der Waals surface area (Å²) in [4.78, 5) is 23.1. The summed E-state index contributed by atoms with van der Waals surface area (Å²) < 4.78 is 6.84. The number of aromatic nitrogens is 2. The van der Waals surface area contributed by atoms with Crippen LogP contribution < -0.4 is 15.4 Å². The molecule has 4 rings (SSSR count). The van der Waals surface area contributed by atoms with Gasteiger partial charge in [0.05, 0.1) is 22.5 Å². The maximum absolute atomic E-state index is 12.8. The van der Waals surface area contributed by atoms with Gasteiger partial charge in [0, 0.05) is 25.8 Å². The summed E-state index contributed by atoms with van der Waals surface area (Å²) in [5, 5.41) is 6.85. The molecule has 1 unspecified atom stereocenters. The summed E-state index contributed by atoms with van der Waals surface area (Å²) in [6.07, 6.45) is 3.37. The average molecular weight is 442 g/mol. The van der Waals surface area contributed by atoms with Crippen LogP contribution in [-0.2, 0) is 0 Å². The highest BCUT2D eigenvalue weighted by atomic mass is 35.5. The Morgan fingerprint density at radius 1 is 1.29 bits per heavy atom. The van der Waals surface area contributed by atoms with Gasteiger partial charge >= 0.3 is 6.03 Å². The molecule has 1 aliphatic heterocycles. The number of nitrogens with zero attached hydrogens (tertiary/aromatic N) is 3. The lowest BCUT2D eigenvalue weighted by Gasteiger charge is -2.35. The van der Waals surface area contributed by atoms with Crippen molar-refractivity contribution in [2.75, 3.05) is 31.6 Å². The molecular formula is C18H21Cl2N5O2S. The first-order valence-electron chi connectivity index (χ1n) is 8.46. The number of para-hydroxylation sites is 1. The van der Waals surface area contributed by atoms with Crippen LogP contribution in [0.15, 0.2) is 48.8 Å². The second-order valence-corrected chi connectivity index (χ2v) is 7.00. The number of anilines is 1. The van der Waals surface area contributed by atoms with Crippen LogP contribution in [0, 0.1) is 0 Å². The Morgan fingerprint density at radius 2 is 2.14 bits per heavy atom. The fourth-order valence-electron chi connectivity index (χ4n) is 2.89. The van der Waals surface area contributed by atoms with E-state index in [1.54, 1.807) is 17.3 Å². The van der Waals surface area contributed by atoms with E-state index in [2.05, 4.69) is 20.6 Å². The number of thiazole rings is 1. The zero-order chi connectivity index (χ0) is 17.8. The van der Waals surface area contributed by atoms with E-state index in [0.717, 1.165) is 16.8 Å². The average Bonchev–Trinajstić information content (AvgIpc) is 3.09. The molecule has 2 amide bonds. The van der Waals surface area contributed by atoms with E-state index >= 15 is 0 Å². The van der Waals surface area contributed by atoms with Crippen LogP contribution in [0.4, 0.5) is 9.93 Å². The number of urea groups is 1. The van der Waals surface area contributed by atoms with Crippen molar-refractivity contribution in [3.8, 4) is 5.75 Å². The first kappa shape index (κ1) is 22.2. The Hall–Kier alpha value is -2.13. The fraction of sp³-hybridized carbons (Fsp3) is 0.278. The van der Waals surface area contributed by atoms with Crippen LogP contribution in [-0.4, -0.2) is 53.2 Å². The van der Waals surface area contributed by atoms with Gasteiger partial charge in [0.2, 0.25) is 0 Å². The van der Waals surface area contributed by atoms with Crippen molar-refractivity contribution in [1.82, 2.24) is 20.2 Å². The fourth-order valence-corrected chi connectivity index (χ4v) is 3.75. The molecule has 1 fully saturated rings. The largest absolute Gasteiger partial charge is 0.490 e. The first-order chi connectivity index (χ1) is 12.8. The quantitative estimate of drug-likeness (QED) is 0.648. The Balaban J connectivity index is 0.00000140. The lowest BCUT2D eigenvalue weighted by molar-refractivity contribution is 0.133. The van der Waals surface area contributed by atoms with Gasteiger partial charge in [-0.15, -0.1) is 24.8 Å². The number of nitrogens with one attached hydrogen (secondary N) is 2. The lowest BCUT2D eigenvalue weighted by atomic mass is 10.2. The number of amides is 2. The van der Waals surface area contributed by atoms with Gasteiger partial charge in [-0.2, -0.15) is 0 Å². The molecule has 0 aliphatic carbocycles. The molecule has 1 saturated heterocycles. The zero-order valence-electron chi connectivity index (χ0n) is 14.9. The molecule has 1 aromatic carbocycles. The minimum atomic E-state index is -0.148. The topological polar surface area (TPSA) is 79.4 Å². The first-order valence-corrected chi connectivity index (χ1v) is 9.28. The van der Waals surface area contributed by atoms with Gasteiger partial charge < -0.3 is 15.0 Å². The monoisotopic (exact) mass is 441 g/mol. The standard InChI is InChI=1S/C18H19N5O2S.2ClH/c24-18(22-17-21-15-5-1-2-6-16(15)26-17)23-9-8-20-10-13(23)12-25-14-4-3-7-19-11-14;;/h1-7,11,13,20H,8-10,12H2,(H,21,22,24);2*1H. The van der Waals surface area contributed by atoms with E-state index < -0.39 is 0 Å². The molecule has 3 heterocycles. The molecule has 7 nitrogen and oxygen atoms in total. The molecule has 1 aliphatic rings. The van der Waals surface area contributed by atoms with Gasteiger partial charge in [0.25, 0.3) is 0 Å². The predicted molar refractivity (Wildman–Crippen MR) is 116 cm³/mol. The van der Waals surface area contributed by atoms with Gasteiger partial charge in [-0.1, -0.05) is 23.5 Å². The van der Waals surface area contributed by atoms with Crippen LogP contribution in [0.2, 0.25) is 0 Å². The number of carbonyl (C=O) groups is 1. The van der Waals surface area contributed by atoms with E-state index in [-0.39, 0.29) is 36.9 Å². The molecular weight excluding hydrogens is 421 g/mol. The molecule has 10 heteroatoms. The van der Waals surface area contributed by atoms with Crippen molar-refractivity contribution in [1.29, 1.82) is 0 Å². The molecule has 28 heavy (non-hydrogen) atoms. The maximum atomic E-state index is 12.8. The highest BCUT2D eigenvalue weighted by Gasteiger charge is 2.27. The SMILES string of the molecule is Cl.Cl.O=C(Nc1nc2ccccc2s1)N1CCNCC1COc1cccnc1. The zero-order valence-corrected chi connectivity index (χ0v) is 17.4. The number of ether oxygens (including phenoxy) is 1. The molecule has 1 atom stereocenters. The van der Waals surface area contributed by atoms with Crippen LogP contribution in [0.25, 0.3) is 10.2 Å². The van der Waals surface area contributed by atoms with Crippen molar-refractivity contribution in [3.63, 3.8) is 0 Å². The van der Waals surface area contributed by atoms with Crippen molar-refractivity contribution in [2.24, 2.45) is 0 Å². The van der Waals surface area contributed by atoms with Crippen molar-refractivity contribution >= 4 is 57.5 Å². The minimum absolute atomic E-state index is 0. The van der Waals surface area contributed by atoms with Crippen LogP contribution in [0.5, 0.6) is 5.75 Å². The van der Waals surface area contributed by atoms with E-state index in [1.165, 1.54) is 11.3 Å². The van der Waals surface area contributed by atoms with Crippen LogP contribution >= 0.6 is 36.2 Å². The van der Waals surface area contributed by atoms with Crippen LogP contribution in [0.3, 0.4) is 0 Å². The highest BCUT2D eigenvalue weighted by Crippen LogP contribution is 2.25. The van der Waals surface area contributed by atoms with E-state index in [1.807, 2.05) is 36.4 Å². The molecule has 0 spiro atoms. The number of fused-ring (bicyclic) bond motifs is 1. The summed E-state index contributed by atoms with van der Waals surface area (Å²) in [7, 11) is 0. The summed E-state index contributed by atoms with van der Waals surface area (Å²) in [5.74, 6) is 0.699. The third kappa shape index (κ3) is 5.23. The Labute approximate surface area is 179 Å². The molecule has 2 aromatic heterocycles. The summed E-state index contributed by atoms with van der Waals surface area (Å²) in [6, 6.07) is 11.3. The van der Waals surface area contributed by atoms with E-state index in [4.69, 9.17) is 4.74 Å². The van der Waals surface area contributed by atoms with Gasteiger partial charge in [-0.25, -0.2) is 9.78 Å². The number of benzene rings is 1. The van der Waals surface area contributed by atoms with E-state index in [0.29, 0.717) is 30.6 Å². The van der Waals surface area contributed by atoms with Gasteiger partial charge in [-0.05, 0) is 24.3 Å². The Kier molecular flexibility index (Phi) is 8.25. The summed E-state index contributed by atoms with van der Waals surface area (Å²) >= 11 is 1.48. The van der Waals surface area contributed by atoms with Crippen molar-refractivity contribution in [2.45, 2.75) is 6.04 Å². The summed E-state index contributed by atoms with van der Waals surface area (Å²) in [6.45, 7) is 2.48. The lowest BCUT2D eigenvalue weighted by Crippen LogP contribution is -2.57. The number of carbonyl (C=O) groups excluding carboxylic acids is 1. The molecule has 0 bridgehead atoms. The molecule has 150 valence electrons. The van der Waals surface area contributed by atoms with Crippen molar-refractivity contribution in [3.05, 3.63) is 48.8 Å². The molecule has 0 saturated carbocycles. The number of pyridine rings is 1. The number of hydrogen-bond acceptors (Lipinski definition) is 6. The third-order valence-corrected chi connectivity index (χ3v) is 5.15. The summed E-state index contributed by atoms with van der Waals surface area (Å²) in [5.41, 5.74) is 0.893.